The Labute approximate surface area is 124 Å². The van der Waals surface area contributed by atoms with Crippen molar-refractivity contribution >= 4 is 37.8 Å². The Kier molecular flexibility index (Phi) is 7.50. The average molecular weight is 380 g/mol. The van der Waals surface area contributed by atoms with E-state index in [0.29, 0.717) is 18.7 Å². The maximum Gasteiger partial charge on any atom is 0.252 e. The van der Waals surface area contributed by atoms with Crippen LogP contribution in [0.15, 0.2) is 27.1 Å². The summed E-state index contributed by atoms with van der Waals surface area (Å²) in [5.74, 6) is -0.0864. The molecule has 0 aliphatic carbocycles. The van der Waals surface area contributed by atoms with Crippen molar-refractivity contribution in [3.05, 3.63) is 32.7 Å². The van der Waals surface area contributed by atoms with E-state index in [0.717, 1.165) is 22.0 Å². The molecule has 6 heteroatoms. The van der Waals surface area contributed by atoms with Crippen molar-refractivity contribution in [1.82, 2.24) is 10.6 Å². The first kappa shape index (κ1) is 15.6. The smallest absolute Gasteiger partial charge is 0.252 e. The SMILES string of the molecule is COCCNCCNC(=O)c1cc(Br)ccc1Br. The summed E-state index contributed by atoms with van der Waals surface area (Å²) in [6, 6.07) is 5.51. The zero-order valence-electron chi connectivity index (χ0n) is 10.1. The van der Waals surface area contributed by atoms with Crippen molar-refractivity contribution in [3.63, 3.8) is 0 Å². The van der Waals surface area contributed by atoms with Gasteiger partial charge < -0.3 is 15.4 Å². The molecule has 0 heterocycles. The number of nitrogens with one attached hydrogen (secondary N) is 2. The van der Waals surface area contributed by atoms with Gasteiger partial charge in [0, 0.05) is 35.7 Å². The topological polar surface area (TPSA) is 50.4 Å². The van der Waals surface area contributed by atoms with E-state index in [1.54, 1.807) is 13.2 Å². The molecule has 0 unspecified atom stereocenters. The number of halogens is 2. The second-order valence-corrected chi connectivity index (χ2v) is 5.39. The Morgan fingerprint density at radius 3 is 2.78 bits per heavy atom. The molecule has 0 atom stereocenters. The lowest BCUT2D eigenvalue weighted by Gasteiger charge is -2.08. The molecule has 1 aromatic carbocycles. The zero-order valence-corrected chi connectivity index (χ0v) is 13.3. The van der Waals surface area contributed by atoms with E-state index >= 15 is 0 Å². The Morgan fingerprint density at radius 1 is 1.28 bits per heavy atom. The van der Waals surface area contributed by atoms with E-state index in [1.165, 1.54) is 0 Å². The number of amides is 1. The van der Waals surface area contributed by atoms with Gasteiger partial charge in [-0.05, 0) is 34.1 Å². The van der Waals surface area contributed by atoms with Crippen LogP contribution in [-0.2, 0) is 4.74 Å². The third-order valence-electron chi connectivity index (χ3n) is 2.24. The minimum atomic E-state index is -0.0864. The molecule has 1 rings (SSSR count). The quantitative estimate of drug-likeness (QED) is 0.714. The largest absolute Gasteiger partial charge is 0.383 e. The van der Waals surface area contributed by atoms with Gasteiger partial charge in [-0.1, -0.05) is 15.9 Å². The molecule has 0 radical (unpaired) electrons. The van der Waals surface area contributed by atoms with Crippen LogP contribution in [-0.4, -0.2) is 39.3 Å². The fraction of sp³-hybridized carbons (Fsp3) is 0.417. The van der Waals surface area contributed by atoms with Crippen LogP contribution < -0.4 is 10.6 Å². The molecular weight excluding hydrogens is 364 g/mol. The van der Waals surface area contributed by atoms with Crippen LogP contribution in [0.5, 0.6) is 0 Å². The third-order valence-corrected chi connectivity index (χ3v) is 3.43. The predicted molar refractivity (Wildman–Crippen MR) is 78.9 cm³/mol. The number of hydrogen-bond donors (Lipinski definition) is 2. The Hall–Kier alpha value is -0.430. The minimum absolute atomic E-state index is 0.0864. The lowest BCUT2D eigenvalue weighted by molar-refractivity contribution is 0.0953. The summed E-state index contributed by atoms with van der Waals surface area (Å²) >= 11 is 6.71. The maximum absolute atomic E-state index is 11.9. The van der Waals surface area contributed by atoms with Crippen LogP contribution in [0.2, 0.25) is 0 Å². The highest BCUT2D eigenvalue weighted by Gasteiger charge is 2.09. The van der Waals surface area contributed by atoms with Gasteiger partial charge in [-0.15, -0.1) is 0 Å². The Morgan fingerprint density at radius 2 is 2.06 bits per heavy atom. The van der Waals surface area contributed by atoms with Crippen LogP contribution in [0.4, 0.5) is 0 Å². The van der Waals surface area contributed by atoms with E-state index in [4.69, 9.17) is 4.74 Å². The van der Waals surface area contributed by atoms with Crippen molar-refractivity contribution < 1.29 is 9.53 Å². The van der Waals surface area contributed by atoms with Gasteiger partial charge in [-0.25, -0.2) is 0 Å². The van der Waals surface area contributed by atoms with Gasteiger partial charge in [-0.3, -0.25) is 4.79 Å². The molecule has 1 aromatic rings. The number of rotatable bonds is 7. The van der Waals surface area contributed by atoms with Crippen LogP contribution >= 0.6 is 31.9 Å². The summed E-state index contributed by atoms with van der Waals surface area (Å²) in [7, 11) is 1.66. The number of carbonyl (C=O) groups excluding carboxylic acids is 1. The zero-order chi connectivity index (χ0) is 13.4. The maximum atomic E-state index is 11.9. The van der Waals surface area contributed by atoms with Crippen molar-refractivity contribution in [3.8, 4) is 0 Å². The van der Waals surface area contributed by atoms with Gasteiger partial charge >= 0.3 is 0 Å². The summed E-state index contributed by atoms with van der Waals surface area (Å²) in [6.45, 7) is 2.76. The van der Waals surface area contributed by atoms with Crippen LogP contribution in [0.1, 0.15) is 10.4 Å². The lowest BCUT2D eigenvalue weighted by atomic mass is 10.2. The van der Waals surface area contributed by atoms with E-state index in [-0.39, 0.29) is 5.91 Å². The summed E-state index contributed by atoms with van der Waals surface area (Å²) < 4.78 is 6.58. The van der Waals surface area contributed by atoms with E-state index < -0.39 is 0 Å². The van der Waals surface area contributed by atoms with Crippen LogP contribution in [0.3, 0.4) is 0 Å². The molecule has 0 bridgehead atoms. The molecule has 0 spiro atoms. The van der Waals surface area contributed by atoms with Gasteiger partial charge in [0.05, 0.1) is 12.2 Å². The molecular formula is C12H16Br2N2O2. The predicted octanol–water partition coefficient (Wildman–Crippen LogP) is 2.18. The highest BCUT2D eigenvalue weighted by Crippen LogP contribution is 2.21. The molecule has 0 aromatic heterocycles. The second-order valence-electron chi connectivity index (χ2n) is 3.62. The Bertz CT molecular complexity index is 400. The molecule has 0 aliphatic heterocycles. The van der Waals surface area contributed by atoms with Crippen molar-refractivity contribution in [2.75, 3.05) is 33.4 Å². The standard InChI is InChI=1S/C12H16Br2N2O2/c1-18-7-6-15-4-5-16-12(17)10-8-9(13)2-3-11(10)14/h2-3,8,15H,4-7H2,1H3,(H,16,17). The van der Waals surface area contributed by atoms with Gasteiger partial charge in [0.1, 0.15) is 0 Å². The number of benzene rings is 1. The van der Waals surface area contributed by atoms with Gasteiger partial charge in [-0.2, -0.15) is 0 Å². The molecule has 100 valence electrons. The number of methoxy groups -OCH3 is 1. The van der Waals surface area contributed by atoms with Crippen molar-refractivity contribution in [2.45, 2.75) is 0 Å². The fourth-order valence-electron chi connectivity index (χ4n) is 1.33. The molecule has 18 heavy (non-hydrogen) atoms. The van der Waals surface area contributed by atoms with Crippen molar-refractivity contribution in [2.24, 2.45) is 0 Å². The first-order valence-corrected chi connectivity index (χ1v) is 7.16. The van der Waals surface area contributed by atoms with E-state index in [9.17, 15) is 4.79 Å². The number of ether oxygens (including phenoxy) is 1. The van der Waals surface area contributed by atoms with Gasteiger partial charge in [0.15, 0.2) is 0 Å². The van der Waals surface area contributed by atoms with Crippen molar-refractivity contribution in [1.29, 1.82) is 0 Å². The van der Waals surface area contributed by atoms with Gasteiger partial charge in [0.2, 0.25) is 0 Å². The minimum Gasteiger partial charge on any atom is -0.383 e. The average Bonchev–Trinajstić information content (AvgIpc) is 2.36. The monoisotopic (exact) mass is 378 g/mol. The molecule has 0 aliphatic rings. The Balaban J connectivity index is 2.34. The lowest BCUT2D eigenvalue weighted by Crippen LogP contribution is -2.33. The number of hydrogen-bond acceptors (Lipinski definition) is 3. The molecule has 1 amide bonds. The molecule has 0 saturated carbocycles. The molecule has 0 fully saturated rings. The third kappa shape index (κ3) is 5.48. The first-order chi connectivity index (χ1) is 8.65. The van der Waals surface area contributed by atoms with E-state index in [1.807, 2.05) is 12.1 Å². The highest BCUT2D eigenvalue weighted by molar-refractivity contribution is 9.11. The summed E-state index contributed by atoms with van der Waals surface area (Å²) in [4.78, 5) is 11.9. The summed E-state index contributed by atoms with van der Waals surface area (Å²) in [6.07, 6.45) is 0. The summed E-state index contributed by atoms with van der Waals surface area (Å²) in [5.41, 5.74) is 0.626. The highest BCUT2D eigenvalue weighted by atomic mass is 79.9. The van der Waals surface area contributed by atoms with Crippen LogP contribution in [0, 0.1) is 0 Å². The molecule has 2 N–H and O–H groups in total. The molecule has 4 nitrogen and oxygen atoms in total. The fourth-order valence-corrected chi connectivity index (χ4v) is 2.12. The normalized spacial score (nSPS) is 10.4. The summed E-state index contributed by atoms with van der Waals surface area (Å²) in [5, 5.41) is 6.01. The van der Waals surface area contributed by atoms with E-state index in [2.05, 4.69) is 42.5 Å². The second kappa shape index (κ2) is 8.63. The number of carbonyl (C=O) groups is 1. The van der Waals surface area contributed by atoms with Crippen LogP contribution in [0.25, 0.3) is 0 Å². The first-order valence-electron chi connectivity index (χ1n) is 5.58. The van der Waals surface area contributed by atoms with Gasteiger partial charge in [0.25, 0.3) is 5.91 Å². The molecule has 0 saturated heterocycles.